The molecule has 0 amide bonds. The van der Waals surface area contributed by atoms with Gasteiger partial charge in [0.1, 0.15) is 0 Å². The fourth-order valence-corrected chi connectivity index (χ4v) is 17.4. The van der Waals surface area contributed by atoms with Crippen LogP contribution in [-0.2, 0) is 4.79 Å². The summed E-state index contributed by atoms with van der Waals surface area (Å²) in [5.41, 5.74) is 2.27. The number of aryl methyl sites for hydroxylation is 1. The summed E-state index contributed by atoms with van der Waals surface area (Å²) in [4.78, 5) is 12.7. The summed E-state index contributed by atoms with van der Waals surface area (Å²) in [6, 6.07) is 40.2. The van der Waals surface area contributed by atoms with Gasteiger partial charge in [0.2, 0.25) is 0 Å². The predicted molar refractivity (Wildman–Crippen MR) is 129 cm³/mol. The Hall–Kier alpha value is -2.91. The van der Waals surface area contributed by atoms with Crippen LogP contribution in [0.3, 0.4) is 0 Å². The maximum absolute atomic E-state index is 12.7. The zero-order chi connectivity index (χ0) is 20.8. The van der Waals surface area contributed by atoms with Gasteiger partial charge < -0.3 is 0 Å². The number of carbonyl (C=O) groups excluding carboxylic acids is 1. The molecular weight excluding hydrogens is 471 g/mol. The molecule has 146 valence electrons. The Bertz CT molecular complexity index is 1030. The summed E-state index contributed by atoms with van der Waals surface area (Å²) in [5, 5.41) is 0. The molecule has 4 aromatic carbocycles. The quantitative estimate of drug-likeness (QED) is 0.222. The summed E-state index contributed by atoms with van der Waals surface area (Å²) in [6.45, 7) is 2.08. The molecule has 0 bridgehead atoms. The van der Waals surface area contributed by atoms with Gasteiger partial charge in [0, 0.05) is 0 Å². The number of hydrogen-bond acceptors (Lipinski definition) is 1. The first-order chi connectivity index (χ1) is 14.7. The van der Waals surface area contributed by atoms with Crippen LogP contribution >= 0.6 is 0 Å². The van der Waals surface area contributed by atoms with E-state index in [1.54, 1.807) is 0 Å². The second-order valence-electron chi connectivity index (χ2n) is 7.48. The third-order valence-electron chi connectivity index (χ3n) is 5.58. The van der Waals surface area contributed by atoms with Crippen LogP contribution < -0.4 is 10.7 Å². The first-order valence-electron chi connectivity index (χ1n) is 10.2. The van der Waals surface area contributed by atoms with Gasteiger partial charge in [-0.05, 0) is 0 Å². The molecule has 0 atom stereocenters. The normalized spacial score (nSPS) is 11.8. The van der Waals surface area contributed by atoms with Crippen LogP contribution in [0.1, 0.15) is 11.1 Å². The zero-order valence-corrected chi connectivity index (χ0v) is 19.9. The van der Waals surface area contributed by atoms with Crippen LogP contribution in [0.5, 0.6) is 0 Å². The molecule has 0 saturated carbocycles. The predicted octanol–water partition coefficient (Wildman–Crippen LogP) is 4.29. The second-order valence-corrected chi connectivity index (χ2v) is 18.3. The van der Waals surface area contributed by atoms with Crippen molar-refractivity contribution in [3.8, 4) is 0 Å². The number of hydrogen-bond donors (Lipinski definition) is 0. The van der Waals surface area contributed by atoms with Crippen molar-refractivity contribution >= 4 is 41.5 Å². The van der Waals surface area contributed by atoms with Crippen molar-refractivity contribution in [2.24, 2.45) is 0 Å². The molecule has 0 aliphatic rings. The van der Waals surface area contributed by atoms with Gasteiger partial charge in [0.25, 0.3) is 0 Å². The van der Waals surface area contributed by atoms with Gasteiger partial charge in [-0.25, -0.2) is 0 Å². The van der Waals surface area contributed by atoms with Crippen molar-refractivity contribution in [2.45, 2.75) is 6.92 Å². The van der Waals surface area contributed by atoms with Crippen molar-refractivity contribution < 1.29 is 4.79 Å². The molecule has 0 radical (unpaired) electrons. The van der Waals surface area contributed by atoms with Gasteiger partial charge in [-0.2, -0.15) is 0 Å². The van der Waals surface area contributed by atoms with Gasteiger partial charge in [-0.3, -0.25) is 0 Å². The van der Waals surface area contributed by atoms with Crippen molar-refractivity contribution in [2.75, 3.05) is 0 Å². The molecule has 0 aromatic heterocycles. The van der Waals surface area contributed by atoms with Gasteiger partial charge in [-0.1, -0.05) is 0 Å². The van der Waals surface area contributed by atoms with E-state index in [0.29, 0.717) is 0 Å². The SMILES string of the molecule is Cc1ccc(/C=[C](/C=O)[Sn]([c]2ccccc2)([c]2ccccc2)[c]2ccccc2)cc1. The Morgan fingerprint density at radius 1 is 0.600 bits per heavy atom. The summed E-state index contributed by atoms with van der Waals surface area (Å²) < 4.78 is 4.73. The van der Waals surface area contributed by atoms with Crippen molar-refractivity contribution in [3.05, 3.63) is 130 Å². The molecule has 4 aromatic rings. The number of allylic oxidation sites excluding steroid dienone is 1. The molecule has 0 aliphatic carbocycles. The Kier molecular flexibility index (Phi) is 6.29. The van der Waals surface area contributed by atoms with E-state index in [9.17, 15) is 4.79 Å². The van der Waals surface area contributed by atoms with Gasteiger partial charge in [-0.15, -0.1) is 0 Å². The average molecular weight is 495 g/mol. The molecule has 4 rings (SSSR count). The summed E-state index contributed by atoms with van der Waals surface area (Å²) in [6.07, 6.45) is 3.21. The molecule has 0 N–H and O–H groups in total. The van der Waals surface area contributed by atoms with E-state index in [4.69, 9.17) is 0 Å². The summed E-state index contributed by atoms with van der Waals surface area (Å²) >= 11 is -3.80. The number of carbonyl (C=O) groups is 1. The number of aldehydes is 1. The van der Waals surface area contributed by atoms with Crippen LogP contribution in [0.25, 0.3) is 6.08 Å². The molecule has 0 heterocycles. The van der Waals surface area contributed by atoms with Crippen molar-refractivity contribution in [3.63, 3.8) is 0 Å². The van der Waals surface area contributed by atoms with Crippen molar-refractivity contribution in [1.82, 2.24) is 0 Å². The minimum absolute atomic E-state index is 0.914. The van der Waals surface area contributed by atoms with E-state index in [1.807, 2.05) is 18.2 Å². The van der Waals surface area contributed by atoms with E-state index in [2.05, 4.69) is 110 Å². The Morgan fingerprint density at radius 2 is 1.00 bits per heavy atom. The van der Waals surface area contributed by atoms with Gasteiger partial charge >= 0.3 is 183 Å². The molecular formula is C28H24OSn. The van der Waals surface area contributed by atoms with E-state index in [1.165, 1.54) is 16.3 Å². The van der Waals surface area contributed by atoms with Gasteiger partial charge in [0.15, 0.2) is 0 Å². The number of benzene rings is 4. The molecule has 0 fully saturated rings. The Morgan fingerprint density at radius 3 is 1.37 bits per heavy atom. The Labute approximate surface area is 182 Å². The summed E-state index contributed by atoms with van der Waals surface area (Å²) in [5.74, 6) is 0. The monoisotopic (exact) mass is 496 g/mol. The first-order valence-corrected chi connectivity index (χ1v) is 15.9. The standard InChI is InChI=1S/C10H9O.3C6H5.Sn/c1-9-4-6-10(7-5-9)3-2-8-11;3*1-2-4-6-5-3-1;/h3-8H,1H3;3*1-5H;. The topological polar surface area (TPSA) is 17.1 Å². The van der Waals surface area contributed by atoms with E-state index < -0.39 is 18.4 Å². The van der Waals surface area contributed by atoms with Crippen LogP contribution in [-0.4, -0.2) is 24.7 Å². The van der Waals surface area contributed by atoms with Crippen LogP contribution in [0, 0.1) is 6.92 Å². The molecule has 0 aliphatic heterocycles. The van der Waals surface area contributed by atoms with E-state index in [-0.39, 0.29) is 0 Å². The van der Waals surface area contributed by atoms with E-state index in [0.717, 1.165) is 15.4 Å². The van der Waals surface area contributed by atoms with E-state index >= 15 is 0 Å². The third-order valence-corrected chi connectivity index (χ3v) is 19.1. The fourth-order valence-electron chi connectivity index (χ4n) is 4.14. The van der Waals surface area contributed by atoms with Crippen LogP contribution in [0.2, 0.25) is 0 Å². The zero-order valence-electron chi connectivity index (χ0n) is 17.0. The second kappa shape index (κ2) is 9.27. The molecule has 30 heavy (non-hydrogen) atoms. The van der Waals surface area contributed by atoms with Crippen LogP contribution in [0.15, 0.2) is 119 Å². The molecule has 0 unspecified atom stereocenters. The maximum atomic E-state index is 12.7. The molecule has 0 spiro atoms. The fraction of sp³-hybridized carbons (Fsp3) is 0.0357. The number of rotatable bonds is 6. The van der Waals surface area contributed by atoms with Crippen LogP contribution in [0.4, 0.5) is 0 Å². The molecule has 2 heteroatoms. The molecule has 1 nitrogen and oxygen atoms in total. The first kappa shape index (κ1) is 20.4. The minimum atomic E-state index is -3.80. The van der Waals surface area contributed by atoms with Crippen molar-refractivity contribution in [1.29, 1.82) is 0 Å². The Balaban J connectivity index is 2.08. The summed E-state index contributed by atoms with van der Waals surface area (Å²) in [7, 11) is 0. The molecule has 0 saturated heterocycles. The average Bonchev–Trinajstić information content (AvgIpc) is 2.82. The van der Waals surface area contributed by atoms with Gasteiger partial charge in [0.05, 0.1) is 0 Å². The third kappa shape index (κ3) is 3.90.